The quantitative estimate of drug-likeness (QED) is 0.562. The third-order valence-corrected chi connectivity index (χ3v) is 3.26. The summed E-state index contributed by atoms with van der Waals surface area (Å²) in [4.78, 5) is 0. The minimum absolute atomic E-state index is 0.382. The molecule has 0 atom stereocenters. The maximum atomic E-state index is 10.6. The van der Waals surface area contributed by atoms with Crippen LogP contribution >= 0.6 is 0 Å². The lowest BCUT2D eigenvalue weighted by Crippen LogP contribution is -2.10. The van der Waals surface area contributed by atoms with Crippen molar-refractivity contribution in [2.24, 2.45) is 0 Å². The molecule has 0 aliphatic rings. The lowest BCUT2D eigenvalue weighted by atomic mass is 10.1. The first-order chi connectivity index (χ1) is 8.51. The monoisotopic (exact) mass is 271 g/mol. The number of aryl methyl sites for hydroxylation is 1. The largest absolute Gasteiger partial charge is 0.357 e. The Labute approximate surface area is 109 Å². The predicted molar refractivity (Wildman–Crippen MR) is 74.1 cm³/mol. The Morgan fingerprint density at radius 2 is 1.67 bits per heavy atom. The smallest absolute Gasteiger partial charge is 0.269 e. The van der Waals surface area contributed by atoms with Crippen LogP contribution in [0.1, 0.15) is 44.6 Å². The lowest BCUT2D eigenvalue weighted by Gasteiger charge is -2.05. The molecule has 0 saturated carbocycles. The molecule has 1 rings (SSSR count). The molecule has 4 nitrogen and oxygen atoms in total. The Balaban J connectivity index is 2.36. The second-order valence-corrected chi connectivity index (χ2v) is 5.59. The van der Waals surface area contributed by atoms with E-state index in [-0.39, 0.29) is 0 Å². The average Bonchev–Trinajstić information content (AvgIpc) is 2.29. The molecule has 0 radical (unpaired) electrons. The SMILES string of the molecule is CCCCCCCc1ccc(NS(=O)(=O)O)cc1. The summed E-state index contributed by atoms with van der Waals surface area (Å²) in [7, 11) is -4.17. The summed E-state index contributed by atoms with van der Waals surface area (Å²) in [6.07, 6.45) is 7.21. The fourth-order valence-corrected chi connectivity index (χ4v) is 2.26. The van der Waals surface area contributed by atoms with Crippen molar-refractivity contribution in [3.63, 3.8) is 0 Å². The third-order valence-electron chi connectivity index (χ3n) is 2.77. The summed E-state index contributed by atoms with van der Waals surface area (Å²) in [6.45, 7) is 2.20. The maximum absolute atomic E-state index is 10.6. The molecule has 0 aliphatic heterocycles. The van der Waals surface area contributed by atoms with E-state index < -0.39 is 10.3 Å². The molecule has 0 saturated heterocycles. The topological polar surface area (TPSA) is 66.4 Å². The van der Waals surface area contributed by atoms with Crippen molar-refractivity contribution in [3.8, 4) is 0 Å². The van der Waals surface area contributed by atoms with Crippen molar-refractivity contribution in [1.29, 1.82) is 0 Å². The molecule has 102 valence electrons. The van der Waals surface area contributed by atoms with Gasteiger partial charge >= 0.3 is 10.3 Å². The molecule has 0 fully saturated rings. The van der Waals surface area contributed by atoms with Crippen LogP contribution in [0, 0.1) is 0 Å². The van der Waals surface area contributed by atoms with Crippen LogP contribution in [0.4, 0.5) is 5.69 Å². The first kappa shape index (κ1) is 15.0. The molecular formula is C13H21NO3S. The van der Waals surface area contributed by atoms with E-state index in [9.17, 15) is 8.42 Å². The molecule has 0 amide bonds. The second-order valence-electron chi connectivity index (χ2n) is 4.44. The van der Waals surface area contributed by atoms with E-state index in [0.717, 1.165) is 12.8 Å². The van der Waals surface area contributed by atoms with Gasteiger partial charge in [0, 0.05) is 0 Å². The lowest BCUT2D eigenvalue weighted by molar-refractivity contribution is 0.489. The van der Waals surface area contributed by atoms with Gasteiger partial charge in [-0.25, -0.2) is 0 Å². The van der Waals surface area contributed by atoms with Gasteiger partial charge in [0.05, 0.1) is 5.69 Å². The Morgan fingerprint density at radius 1 is 1.06 bits per heavy atom. The van der Waals surface area contributed by atoms with Crippen LogP contribution in [0.25, 0.3) is 0 Å². The summed E-state index contributed by atoms with van der Waals surface area (Å²) in [6, 6.07) is 7.09. The number of anilines is 1. The highest BCUT2D eigenvalue weighted by Gasteiger charge is 2.03. The van der Waals surface area contributed by atoms with Crippen LogP contribution in [0.15, 0.2) is 24.3 Å². The van der Waals surface area contributed by atoms with Gasteiger partial charge in [0.25, 0.3) is 0 Å². The van der Waals surface area contributed by atoms with E-state index in [0.29, 0.717) is 5.69 Å². The van der Waals surface area contributed by atoms with Crippen molar-refractivity contribution in [2.75, 3.05) is 4.72 Å². The first-order valence-electron chi connectivity index (χ1n) is 6.35. The van der Waals surface area contributed by atoms with Gasteiger partial charge in [-0.3, -0.25) is 9.27 Å². The Bertz CT molecular complexity index is 440. The molecular weight excluding hydrogens is 250 g/mol. The van der Waals surface area contributed by atoms with Crippen molar-refractivity contribution >= 4 is 16.0 Å². The molecule has 0 aliphatic carbocycles. The molecule has 0 bridgehead atoms. The molecule has 0 aromatic heterocycles. The summed E-state index contributed by atoms with van der Waals surface area (Å²) < 4.78 is 31.9. The molecule has 2 N–H and O–H groups in total. The molecule has 0 spiro atoms. The third kappa shape index (κ3) is 6.61. The normalized spacial score (nSPS) is 11.4. The number of unbranched alkanes of at least 4 members (excludes halogenated alkanes) is 4. The minimum Gasteiger partial charge on any atom is -0.269 e. The van der Waals surface area contributed by atoms with E-state index in [1.807, 2.05) is 16.9 Å². The summed E-state index contributed by atoms with van der Waals surface area (Å²) in [5, 5.41) is 0. The Hall–Kier alpha value is -1.07. The van der Waals surface area contributed by atoms with Gasteiger partial charge in [0.15, 0.2) is 0 Å². The second kappa shape index (κ2) is 7.38. The van der Waals surface area contributed by atoms with Crippen LogP contribution in [0.3, 0.4) is 0 Å². The van der Waals surface area contributed by atoms with E-state index >= 15 is 0 Å². The van der Waals surface area contributed by atoms with Crippen LogP contribution in [-0.2, 0) is 16.7 Å². The highest BCUT2D eigenvalue weighted by Crippen LogP contribution is 2.13. The number of nitrogens with one attached hydrogen (secondary N) is 1. The van der Waals surface area contributed by atoms with E-state index in [1.165, 1.54) is 31.2 Å². The minimum atomic E-state index is -4.17. The number of hydrogen-bond donors (Lipinski definition) is 2. The number of rotatable bonds is 8. The van der Waals surface area contributed by atoms with Gasteiger partial charge in [-0.05, 0) is 30.5 Å². The zero-order valence-corrected chi connectivity index (χ0v) is 11.5. The van der Waals surface area contributed by atoms with Crippen molar-refractivity contribution in [1.82, 2.24) is 0 Å². The molecule has 0 heterocycles. The maximum Gasteiger partial charge on any atom is 0.357 e. The average molecular weight is 271 g/mol. The highest BCUT2D eigenvalue weighted by molar-refractivity contribution is 7.87. The summed E-state index contributed by atoms with van der Waals surface area (Å²) in [5.41, 5.74) is 1.57. The summed E-state index contributed by atoms with van der Waals surface area (Å²) >= 11 is 0. The van der Waals surface area contributed by atoms with Crippen LogP contribution < -0.4 is 4.72 Å². The van der Waals surface area contributed by atoms with Gasteiger partial charge in [0.1, 0.15) is 0 Å². The van der Waals surface area contributed by atoms with E-state index in [2.05, 4.69) is 6.92 Å². The van der Waals surface area contributed by atoms with E-state index in [1.54, 1.807) is 12.1 Å². The number of benzene rings is 1. The molecule has 0 unspecified atom stereocenters. The fourth-order valence-electron chi connectivity index (χ4n) is 1.82. The van der Waals surface area contributed by atoms with E-state index in [4.69, 9.17) is 4.55 Å². The van der Waals surface area contributed by atoms with Crippen LogP contribution in [-0.4, -0.2) is 13.0 Å². The molecule has 1 aromatic carbocycles. The van der Waals surface area contributed by atoms with Gasteiger partial charge in [-0.1, -0.05) is 44.7 Å². The number of hydrogen-bond acceptors (Lipinski definition) is 2. The molecule has 5 heteroatoms. The molecule has 1 aromatic rings. The van der Waals surface area contributed by atoms with Crippen LogP contribution in [0.5, 0.6) is 0 Å². The standard InChI is InChI=1S/C13H21NO3S/c1-2-3-4-5-6-7-12-8-10-13(11-9-12)14-18(15,16)17/h8-11,14H,2-7H2,1H3,(H,15,16,17). The van der Waals surface area contributed by atoms with Gasteiger partial charge in [-0.15, -0.1) is 0 Å². The Kier molecular flexibility index (Phi) is 6.15. The Morgan fingerprint density at radius 3 is 2.22 bits per heavy atom. The zero-order chi connectivity index (χ0) is 13.4. The van der Waals surface area contributed by atoms with Gasteiger partial charge < -0.3 is 0 Å². The summed E-state index contributed by atoms with van der Waals surface area (Å²) in [5.74, 6) is 0. The van der Waals surface area contributed by atoms with Gasteiger partial charge in [0.2, 0.25) is 0 Å². The van der Waals surface area contributed by atoms with Crippen molar-refractivity contribution in [2.45, 2.75) is 45.4 Å². The predicted octanol–water partition coefficient (Wildman–Crippen LogP) is 3.41. The first-order valence-corrected chi connectivity index (χ1v) is 7.79. The van der Waals surface area contributed by atoms with Gasteiger partial charge in [-0.2, -0.15) is 8.42 Å². The highest BCUT2D eigenvalue weighted by atomic mass is 32.2. The van der Waals surface area contributed by atoms with Crippen molar-refractivity contribution in [3.05, 3.63) is 29.8 Å². The zero-order valence-electron chi connectivity index (χ0n) is 10.7. The van der Waals surface area contributed by atoms with Crippen LogP contribution in [0.2, 0.25) is 0 Å². The van der Waals surface area contributed by atoms with Crippen molar-refractivity contribution < 1.29 is 13.0 Å². The fraction of sp³-hybridized carbons (Fsp3) is 0.538. The molecule has 18 heavy (non-hydrogen) atoms.